The molecule has 0 aliphatic carbocycles. The number of aromatic nitrogens is 1. The Balaban J connectivity index is 1.41. The van der Waals surface area contributed by atoms with E-state index in [9.17, 15) is 0 Å². The molecule has 7 aromatic carbocycles. The molecule has 0 saturated carbocycles. The molecule has 200 valence electrons. The summed E-state index contributed by atoms with van der Waals surface area (Å²) in [4.78, 5) is 0. The number of benzene rings is 7. The van der Waals surface area contributed by atoms with Crippen LogP contribution in [-0.4, -0.2) is 4.57 Å². The van der Waals surface area contributed by atoms with Crippen molar-refractivity contribution < 1.29 is 0 Å². The molecule has 0 bridgehead atoms. The molecule has 43 heavy (non-hydrogen) atoms. The Morgan fingerprint density at radius 3 is 1.98 bits per heavy atom. The second-order valence-corrected chi connectivity index (χ2v) is 13.5. The number of hydrogen-bond acceptors (Lipinski definition) is 2. The van der Waals surface area contributed by atoms with Gasteiger partial charge in [-0.1, -0.05) is 91.0 Å². The van der Waals surface area contributed by atoms with Gasteiger partial charge in [0.15, 0.2) is 0 Å². The average Bonchev–Trinajstić information content (AvgIpc) is 3.73. The van der Waals surface area contributed by atoms with Crippen molar-refractivity contribution in [1.29, 1.82) is 0 Å². The molecule has 0 unspecified atom stereocenters. The molecule has 0 aliphatic rings. The molecule has 0 N–H and O–H groups in total. The van der Waals surface area contributed by atoms with Crippen LogP contribution in [0, 0.1) is 0 Å². The van der Waals surface area contributed by atoms with E-state index in [1.807, 2.05) is 22.7 Å². The SMILES string of the molecule is c1ccc2cc(-n3c4ccccc4c4c(-c5ccc6sc7ccccc7c6c5)cc5sc6ccccc6c5c43)ccc2c1. The summed E-state index contributed by atoms with van der Waals surface area (Å²) >= 11 is 3.78. The van der Waals surface area contributed by atoms with E-state index in [0.29, 0.717) is 0 Å². The molecule has 3 heteroatoms. The number of nitrogens with zero attached hydrogens (tertiary/aromatic N) is 1. The lowest BCUT2D eigenvalue weighted by atomic mass is 9.96. The van der Waals surface area contributed by atoms with Crippen molar-refractivity contribution in [2.45, 2.75) is 0 Å². The summed E-state index contributed by atoms with van der Waals surface area (Å²) in [6.45, 7) is 0. The molecular weight excluding hydrogens is 559 g/mol. The van der Waals surface area contributed by atoms with Gasteiger partial charge in [0.05, 0.1) is 11.0 Å². The van der Waals surface area contributed by atoms with Gasteiger partial charge in [-0.05, 0) is 70.4 Å². The minimum Gasteiger partial charge on any atom is -0.309 e. The number of rotatable bonds is 2. The van der Waals surface area contributed by atoms with Gasteiger partial charge in [0.25, 0.3) is 0 Å². The van der Waals surface area contributed by atoms with Crippen LogP contribution in [-0.2, 0) is 0 Å². The van der Waals surface area contributed by atoms with E-state index >= 15 is 0 Å². The van der Waals surface area contributed by atoms with Crippen molar-refractivity contribution in [3.05, 3.63) is 140 Å². The zero-order valence-corrected chi connectivity index (χ0v) is 24.7. The first-order valence-electron chi connectivity index (χ1n) is 14.6. The van der Waals surface area contributed by atoms with Crippen LogP contribution in [0.3, 0.4) is 0 Å². The highest BCUT2D eigenvalue weighted by atomic mass is 32.1. The Bertz CT molecular complexity index is 2740. The van der Waals surface area contributed by atoms with Crippen LogP contribution in [0.1, 0.15) is 0 Å². The fourth-order valence-corrected chi connectivity index (χ4v) is 9.30. The summed E-state index contributed by atoms with van der Waals surface area (Å²) in [7, 11) is 0. The lowest BCUT2D eigenvalue weighted by Crippen LogP contribution is -1.94. The smallest absolute Gasteiger partial charge is 0.0640 e. The van der Waals surface area contributed by atoms with Gasteiger partial charge in [-0.25, -0.2) is 0 Å². The normalized spacial score (nSPS) is 12.2. The predicted octanol–water partition coefficient (Wildman–Crippen LogP) is 12.3. The van der Waals surface area contributed by atoms with Crippen LogP contribution < -0.4 is 0 Å². The molecule has 0 spiro atoms. The van der Waals surface area contributed by atoms with Crippen molar-refractivity contribution in [3.63, 3.8) is 0 Å². The first-order valence-corrected chi connectivity index (χ1v) is 16.2. The van der Waals surface area contributed by atoms with E-state index in [1.54, 1.807) is 0 Å². The van der Waals surface area contributed by atoms with E-state index in [4.69, 9.17) is 0 Å². The second-order valence-electron chi connectivity index (χ2n) is 11.3. The number of para-hydroxylation sites is 1. The predicted molar refractivity (Wildman–Crippen MR) is 190 cm³/mol. The lowest BCUT2D eigenvalue weighted by Gasteiger charge is -2.12. The molecule has 0 atom stereocenters. The minimum atomic E-state index is 1.19. The van der Waals surface area contributed by atoms with Gasteiger partial charge >= 0.3 is 0 Å². The molecule has 0 saturated heterocycles. The quantitative estimate of drug-likeness (QED) is 0.191. The van der Waals surface area contributed by atoms with Crippen molar-refractivity contribution in [3.8, 4) is 16.8 Å². The summed E-state index contributed by atoms with van der Waals surface area (Å²) in [6.07, 6.45) is 0. The van der Waals surface area contributed by atoms with Gasteiger partial charge in [0, 0.05) is 56.8 Å². The second kappa shape index (κ2) is 8.78. The molecule has 0 amide bonds. The van der Waals surface area contributed by atoms with Crippen LogP contribution in [0.25, 0.3) is 89.7 Å². The third kappa shape index (κ3) is 3.32. The van der Waals surface area contributed by atoms with Crippen molar-refractivity contribution in [1.82, 2.24) is 4.57 Å². The summed E-state index contributed by atoms with van der Waals surface area (Å²) in [5.41, 5.74) is 6.28. The van der Waals surface area contributed by atoms with Gasteiger partial charge < -0.3 is 4.57 Å². The van der Waals surface area contributed by atoms with Crippen LogP contribution in [0.4, 0.5) is 0 Å². The Labute approximate surface area is 255 Å². The standard InChI is InChI=1S/C40H23NS2/c1-2-10-25-21-27(19-17-24(25)9-1)41-33-14-6-3-12-29(33)38-31(23-37-39(40(38)41)30-13-5-8-16-35(30)43-37)26-18-20-36-32(22-26)28-11-4-7-15-34(28)42-36/h1-23H. The van der Waals surface area contributed by atoms with Crippen molar-refractivity contribution >= 4 is 95.6 Å². The fourth-order valence-electron chi connectivity index (χ4n) is 7.07. The molecule has 10 rings (SSSR count). The van der Waals surface area contributed by atoms with Gasteiger partial charge in [-0.2, -0.15) is 0 Å². The van der Waals surface area contributed by atoms with Gasteiger partial charge in [0.1, 0.15) is 0 Å². The minimum absolute atomic E-state index is 1.19. The van der Waals surface area contributed by atoms with E-state index in [0.717, 1.165) is 0 Å². The van der Waals surface area contributed by atoms with Crippen molar-refractivity contribution in [2.75, 3.05) is 0 Å². The molecule has 0 radical (unpaired) electrons. The Morgan fingerprint density at radius 2 is 1.09 bits per heavy atom. The topological polar surface area (TPSA) is 4.93 Å². The summed E-state index contributed by atoms with van der Waals surface area (Å²) in [5.74, 6) is 0. The van der Waals surface area contributed by atoms with Gasteiger partial charge in [0.2, 0.25) is 0 Å². The molecule has 10 aromatic rings. The molecule has 3 aromatic heterocycles. The number of hydrogen-bond donors (Lipinski definition) is 0. The average molecular weight is 582 g/mol. The van der Waals surface area contributed by atoms with E-state index < -0.39 is 0 Å². The van der Waals surface area contributed by atoms with Crippen LogP contribution >= 0.6 is 22.7 Å². The third-order valence-corrected chi connectivity index (χ3v) is 11.2. The fraction of sp³-hybridized carbons (Fsp3) is 0. The van der Waals surface area contributed by atoms with Gasteiger partial charge in [-0.3, -0.25) is 0 Å². The van der Waals surface area contributed by atoms with Crippen LogP contribution in [0.15, 0.2) is 140 Å². The highest BCUT2D eigenvalue weighted by Crippen LogP contribution is 2.48. The Hall–Kier alpha value is -4.96. The molecule has 1 nitrogen and oxygen atoms in total. The summed E-state index contributed by atoms with van der Waals surface area (Å²) in [6, 6.07) is 51.7. The summed E-state index contributed by atoms with van der Waals surface area (Å²) in [5, 5.41) is 10.4. The van der Waals surface area contributed by atoms with E-state index in [-0.39, 0.29) is 0 Å². The van der Waals surface area contributed by atoms with Crippen LogP contribution in [0.5, 0.6) is 0 Å². The first kappa shape index (κ1) is 23.6. The summed E-state index contributed by atoms with van der Waals surface area (Å²) < 4.78 is 7.84. The molecule has 0 aliphatic heterocycles. The highest BCUT2D eigenvalue weighted by molar-refractivity contribution is 7.26. The largest absolute Gasteiger partial charge is 0.309 e. The zero-order valence-electron chi connectivity index (χ0n) is 23.0. The number of fused-ring (bicyclic) bond motifs is 11. The lowest BCUT2D eigenvalue weighted by molar-refractivity contribution is 1.19. The molecule has 0 fully saturated rings. The maximum Gasteiger partial charge on any atom is 0.0640 e. The number of thiophene rings is 2. The Morgan fingerprint density at radius 1 is 0.419 bits per heavy atom. The Kier molecular flexibility index (Phi) is 4.81. The molecular formula is C40H23NS2. The maximum atomic E-state index is 2.51. The van der Waals surface area contributed by atoms with E-state index in [1.165, 1.54) is 89.7 Å². The first-order chi connectivity index (χ1) is 21.3. The highest BCUT2D eigenvalue weighted by Gasteiger charge is 2.22. The van der Waals surface area contributed by atoms with Crippen LogP contribution in [0.2, 0.25) is 0 Å². The zero-order chi connectivity index (χ0) is 28.1. The molecule has 3 heterocycles. The monoisotopic (exact) mass is 581 g/mol. The van der Waals surface area contributed by atoms with E-state index in [2.05, 4.69) is 144 Å². The maximum absolute atomic E-state index is 2.51. The van der Waals surface area contributed by atoms with Gasteiger partial charge in [-0.15, -0.1) is 22.7 Å². The van der Waals surface area contributed by atoms with Crippen molar-refractivity contribution in [2.24, 2.45) is 0 Å². The third-order valence-electron chi connectivity index (χ3n) is 8.96.